The molecule has 0 spiro atoms. The van der Waals surface area contributed by atoms with Gasteiger partial charge in [0.1, 0.15) is 5.82 Å². The van der Waals surface area contributed by atoms with Gasteiger partial charge in [0.15, 0.2) is 0 Å². The first-order valence-corrected chi connectivity index (χ1v) is 7.91. The molecule has 0 bridgehead atoms. The van der Waals surface area contributed by atoms with E-state index in [2.05, 4.69) is 10.6 Å². The van der Waals surface area contributed by atoms with Gasteiger partial charge < -0.3 is 10.6 Å². The van der Waals surface area contributed by atoms with Crippen LogP contribution in [0.25, 0.3) is 0 Å². The Labute approximate surface area is 140 Å². The monoisotopic (exact) mass is 351 g/mol. The van der Waals surface area contributed by atoms with Gasteiger partial charge in [0.25, 0.3) is 11.6 Å². The third-order valence-corrected chi connectivity index (χ3v) is 3.91. The second-order valence-electron chi connectivity index (χ2n) is 4.81. The number of thiophene rings is 1. The van der Waals surface area contributed by atoms with Crippen molar-refractivity contribution < 1.29 is 18.9 Å². The van der Waals surface area contributed by atoms with Crippen LogP contribution in [0, 0.1) is 15.9 Å². The van der Waals surface area contributed by atoms with E-state index in [4.69, 9.17) is 0 Å². The number of hydrogen-bond acceptors (Lipinski definition) is 5. The molecule has 2 rings (SSSR count). The minimum Gasteiger partial charge on any atom is -0.351 e. The number of amides is 2. The molecule has 0 saturated heterocycles. The van der Waals surface area contributed by atoms with E-state index in [9.17, 15) is 24.1 Å². The smallest absolute Gasteiger partial charge is 0.271 e. The topological polar surface area (TPSA) is 101 Å². The largest absolute Gasteiger partial charge is 0.351 e. The molecular weight excluding hydrogens is 337 g/mol. The van der Waals surface area contributed by atoms with Gasteiger partial charge in [-0.25, -0.2) is 4.39 Å². The second kappa shape index (κ2) is 8.16. The Morgan fingerprint density at radius 2 is 2.08 bits per heavy atom. The number of benzene rings is 1. The molecule has 126 valence electrons. The highest BCUT2D eigenvalue weighted by Gasteiger charge is 2.13. The molecule has 0 unspecified atom stereocenters. The third kappa shape index (κ3) is 4.85. The summed E-state index contributed by atoms with van der Waals surface area (Å²) >= 11 is 1.31. The number of nitro benzene ring substituents is 1. The van der Waals surface area contributed by atoms with Crippen LogP contribution in [-0.4, -0.2) is 23.3 Å². The fourth-order valence-electron chi connectivity index (χ4n) is 1.88. The van der Waals surface area contributed by atoms with E-state index in [0.717, 1.165) is 18.2 Å². The fourth-order valence-corrected chi connectivity index (χ4v) is 2.52. The quantitative estimate of drug-likeness (QED) is 0.455. The van der Waals surface area contributed by atoms with Gasteiger partial charge in [0.05, 0.1) is 15.5 Å². The molecule has 0 saturated carbocycles. The van der Waals surface area contributed by atoms with Crippen molar-refractivity contribution in [3.63, 3.8) is 0 Å². The third-order valence-electron chi connectivity index (χ3n) is 3.05. The first-order valence-electron chi connectivity index (χ1n) is 7.03. The molecule has 2 aromatic rings. The van der Waals surface area contributed by atoms with Gasteiger partial charge in [-0.2, -0.15) is 0 Å². The van der Waals surface area contributed by atoms with Gasteiger partial charge in [-0.05, 0) is 23.9 Å². The molecule has 2 amide bonds. The van der Waals surface area contributed by atoms with E-state index in [1.807, 2.05) is 0 Å². The number of anilines is 1. The van der Waals surface area contributed by atoms with Gasteiger partial charge in [-0.1, -0.05) is 6.07 Å². The average molecular weight is 351 g/mol. The summed E-state index contributed by atoms with van der Waals surface area (Å²) in [6.45, 7) is 0.293. The Morgan fingerprint density at radius 1 is 1.29 bits per heavy atom. The van der Waals surface area contributed by atoms with E-state index in [1.54, 1.807) is 17.5 Å². The second-order valence-corrected chi connectivity index (χ2v) is 5.75. The average Bonchev–Trinajstić information content (AvgIpc) is 3.07. The molecule has 0 fully saturated rings. The molecule has 0 atom stereocenters. The molecular formula is C15H14FN3O4S. The van der Waals surface area contributed by atoms with Crippen molar-refractivity contribution in [3.8, 4) is 0 Å². The Hall–Kier alpha value is -2.81. The van der Waals surface area contributed by atoms with Crippen LogP contribution in [0.1, 0.15) is 22.5 Å². The number of halogens is 1. The number of hydrogen-bond donors (Lipinski definition) is 2. The molecule has 0 aliphatic carbocycles. The van der Waals surface area contributed by atoms with Crippen molar-refractivity contribution in [2.45, 2.75) is 12.8 Å². The molecule has 2 N–H and O–H groups in total. The maximum Gasteiger partial charge on any atom is 0.271 e. The number of carbonyl (C=O) groups is 2. The van der Waals surface area contributed by atoms with Gasteiger partial charge in [0.2, 0.25) is 5.91 Å². The van der Waals surface area contributed by atoms with Crippen molar-refractivity contribution in [2.24, 2.45) is 0 Å². The summed E-state index contributed by atoms with van der Waals surface area (Å²) in [5, 5.41) is 17.4. The molecule has 0 radical (unpaired) electrons. The molecule has 7 nitrogen and oxygen atoms in total. The summed E-state index contributed by atoms with van der Waals surface area (Å²) in [7, 11) is 0. The number of rotatable bonds is 7. The van der Waals surface area contributed by atoms with Crippen LogP contribution in [0.2, 0.25) is 0 Å². The predicted octanol–water partition coefficient (Wildman–Crippen LogP) is 2.94. The van der Waals surface area contributed by atoms with Gasteiger partial charge in [-0.15, -0.1) is 11.3 Å². The summed E-state index contributed by atoms with van der Waals surface area (Å²) in [5.74, 6) is -1.45. The van der Waals surface area contributed by atoms with Crippen molar-refractivity contribution in [1.82, 2.24) is 5.32 Å². The van der Waals surface area contributed by atoms with Crippen LogP contribution in [0.15, 0.2) is 35.7 Å². The normalized spacial score (nSPS) is 10.2. The minimum absolute atomic E-state index is 0.0485. The zero-order valence-electron chi connectivity index (χ0n) is 12.5. The minimum atomic E-state index is -0.750. The van der Waals surface area contributed by atoms with E-state index < -0.39 is 16.6 Å². The molecule has 1 heterocycles. The number of non-ortho nitro benzene ring substituents is 1. The molecule has 0 aliphatic heterocycles. The first-order chi connectivity index (χ1) is 11.5. The van der Waals surface area contributed by atoms with E-state index >= 15 is 0 Å². The number of nitrogens with zero attached hydrogens (tertiary/aromatic N) is 1. The Bertz CT molecular complexity index is 749. The zero-order valence-corrected chi connectivity index (χ0v) is 13.3. The lowest BCUT2D eigenvalue weighted by Crippen LogP contribution is -2.24. The number of carbonyl (C=O) groups excluding carboxylic acids is 2. The van der Waals surface area contributed by atoms with E-state index in [-0.39, 0.29) is 23.7 Å². The van der Waals surface area contributed by atoms with Crippen molar-refractivity contribution >= 4 is 34.5 Å². The lowest BCUT2D eigenvalue weighted by atomic mass is 10.2. The fraction of sp³-hybridized carbons (Fsp3) is 0.200. The molecule has 1 aromatic carbocycles. The van der Waals surface area contributed by atoms with Crippen LogP contribution < -0.4 is 10.6 Å². The molecule has 1 aromatic heterocycles. The van der Waals surface area contributed by atoms with Crippen LogP contribution in [0.3, 0.4) is 0 Å². The van der Waals surface area contributed by atoms with Crippen LogP contribution >= 0.6 is 11.3 Å². The van der Waals surface area contributed by atoms with Crippen LogP contribution in [0.5, 0.6) is 0 Å². The van der Waals surface area contributed by atoms with Crippen LogP contribution in [0.4, 0.5) is 15.8 Å². The van der Waals surface area contributed by atoms with Crippen molar-refractivity contribution in [3.05, 3.63) is 56.5 Å². The Kier molecular flexibility index (Phi) is 5.96. The SMILES string of the molecule is O=C(CCCNC(=O)c1cccs1)Nc1cc([N+](=O)[O-])ccc1F. The van der Waals surface area contributed by atoms with Crippen LogP contribution in [-0.2, 0) is 4.79 Å². The Balaban J connectivity index is 1.78. The van der Waals surface area contributed by atoms with Gasteiger partial charge in [-0.3, -0.25) is 19.7 Å². The summed E-state index contributed by atoms with van der Waals surface area (Å²) in [4.78, 5) is 34.0. The van der Waals surface area contributed by atoms with Gasteiger partial charge in [0, 0.05) is 25.1 Å². The lowest BCUT2D eigenvalue weighted by Gasteiger charge is -2.07. The van der Waals surface area contributed by atoms with Gasteiger partial charge >= 0.3 is 0 Å². The highest BCUT2D eigenvalue weighted by Crippen LogP contribution is 2.21. The lowest BCUT2D eigenvalue weighted by molar-refractivity contribution is -0.384. The van der Waals surface area contributed by atoms with Crippen molar-refractivity contribution in [1.29, 1.82) is 0 Å². The molecule has 0 aliphatic rings. The number of nitro groups is 1. The molecule has 24 heavy (non-hydrogen) atoms. The Morgan fingerprint density at radius 3 is 2.75 bits per heavy atom. The maximum atomic E-state index is 13.6. The van der Waals surface area contributed by atoms with E-state index in [0.29, 0.717) is 17.8 Å². The standard InChI is InChI=1S/C15H14FN3O4S/c16-11-6-5-10(19(22)23)9-12(11)18-14(20)4-1-7-17-15(21)13-3-2-8-24-13/h2-3,5-6,8-9H,1,4,7H2,(H,17,21)(H,18,20). The maximum absolute atomic E-state index is 13.6. The number of nitrogens with one attached hydrogen (secondary N) is 2. The summed E-state index contributed by atoms with van der Waals surface area (Å²) in [6, 6.07) is 6.37. The summed E-state index contributed by atoms with van der Waals surface area (Å²) in [6.07, 6.45) is 0.409. The van der Waals surface area contributed by atoms with Crippen molar-refractivity contribution in [2.75, 3.05) is 11.9 Å². The van der Waals surface area contributed by atoms with E-state index in [1.165, 1.54) is 11.3 Å². The highest BCUT2D eigenvalue weighted by molar-refractivity contribution is 7.12. The predicted molar refractivity (Wildman–Crippen MR) is 87.6 cm³/mol. The summed E-state index contributed by atoms with van der Waals surface area (Å²) in [5.41, 5.74) is -0.549. The summed E-state index contributed by atoms with van der Waals surface area (Å²) < 4.78 is 13.6. The first kappa shape index (κ1) is 17.5. The molecule has 9 heteroatoms. The zero-order chi connectivity index (χ0) is 17.5. The highest BCUT2D eigenvalue weighted by atomic mass is 32.1.